The van der Waals surface area contributed by atoms with Crippen LogP contribution < -0.4 is 0 Å². The minimum Gasteiger partial charge on any atom is -0.481 e. The van der Waals surface area contributed by atoms with Crippen molar-refractivity contribution in [3.8, 4) is 0 Å². The number of hydrogen-bond acceptors (Lipinski definition) is 3. The van der Waals surface area contributed by atoms with Crippen LogP contribution in [0.4, 0.5) is 0 Å². The first kappa shape index (κ1) is 14.3. The van der Waals surface area contributed by atoms with Gasteiger partial charge in [0.05, 0.1) is 17.4 Å². The fourth-order valence-electron chi connectivity index (χ4n) is 3.51. The lowest BCUT2D eigenvalue weighted by Crippen LogP contribution is -2.43. The smallest absolute Gasteiger partial charge is 0.307 e. The van der Waals surface area contributed by atoms with Crippen molar-refractivity contribution in [2.75, 3.05) is 13.6 Å². The zero-order valence-electron chi connectivity index (χ0n) is 11.8. The van der Waals surface area contributed by atoms with E-state index in [1.165, 1.54) is 4.90 Å². The van der Waals surface area contributed by atoms with E-state index in [-0.39, 0.29) is 5.91 Å². The molecule has 2 unspecified atom stereocenters. The van der Waals surface area contributed by atoms with E-state index in [9.17, 15) is 14.7 Å². The standard InChI is InChI=1S/C14H23NO4/c1-13(2)9(10(13)12(17)18)11(16)15(3)8-14(19)6-4-5-7-14/h9-10,19H,4-8H2,1-3H3,(H,17,18). The zero-order chi connectivity index (χ0) is 14.4. The van der Waals surface area contributed by atoms with Gasteiger partial charge >= 0.3 is 5.97 Å². The number of carbonyl (C=O) groups is 2. The predicted octanol–water partition coefficient (Wildman–Crippen LogP) is 1.11. The molecule has 19 heavy (non-hydrogen) atoms. The Morgan fingerprint density at radius 2 is 1.74 bits per heavy atom. The van der Waals surface area contributed by atoms with E-state index in [1.54, 1.807) is 7.05 Å². The van der Waals surface area contributed by atoms with Gasteiger partial charge in [0.15, 0.2) is 0 Å². The molecule has 2 aliphatic rings. The molecule has 0 aromatic carbocycles. The summed E-state index contributed by atoms with van der Waals surface area (Å²) in [5.74, 6) is -2.12. The summed E-state index contributed by atoms with van der Waals surface area (Å²) in [6, 6.07) is 0. The van der Waals surface area contributed by atoms with Gasteiger partial charge in [-0.1, -0.05) is 26.7 Å². The fourth-order valence-corrected chi connectivity index (χ4v) is 3.51. The maximum atomic E-state index is 12.3. The molecular formula is C14H23NO4. The molecule has 5 nitrogen and oxygen atoms in total. The van der Waals surface area contributed by atoms with Crippen molar-refractivity contribution in [1.82, 2.24) is 4.90 Å². The highest BCUT2D eigenvalue weighted by molar-refractivity contribution is 5.91. The second-order valence-electron chi connectivity index (χ2n) is 6.74. The van der Waals surface area contributed by atoms with Crippen LogP contribution in [-0.2, 0) is 9.59 Å². The number of carboxylic acid groups (broad SMARTS) is 1. The summed E-state index contributed by atoms with van der Waals surface area (Å²) < 4.78 is 0. The molecule has 2 atom stereocenters. The Labute approximate surface area is 113 Å². The summed E-state index contributed by atoms with van der Waals surface area (Å²) in [6.45, 7) is 3.93. The molecule has 2 N–H and O–H groups in total. The average molecular weight is 269 g/mol. The third-order valence-corrected chi connectivity index (χ3v) is 4.80. The highest BCUT2D eigenvalue weighted by atomic mass is 16.4. The van der Waals surface area contributed by atoms with Crippen molar-refractivity contribution in [2.45, 2.75) is 45.1 Å². The molecule has 0 bridgehead atoms. The third-order valence-electron chi connectivity index (χ3n) is 4.80. The molecule has 0 spiro atoms. The van der Waals surface area contributed by atoms with Crippen molar-refractivity contribution in [1.29, 1.82) is 0 Å². The average Bonchev–Trinajstić information content (AvgIpc) is 2.64. The summed E-state index contributed by atoms with van der Waals surface area (Å²) in [5, 5.41) is 19.4. The number of nitrogens with zero attached hydrogens (tertiary/aromatic N) is 1. The van der Waals surface area contributed by atoms with E-state index in [2.05, 4.69) is 0 Å². The predicted molar refractivity (Wildman–Crippen MR) is 69.5 cm³/mol. The topological polar surface area (TPSA) is 77.8 Å². The molecule has 0 aromatic heterocycles. The quantitative estimate of drug-likeness (QED) is 0.801. The molecule has 2 rings (SSSR count). The van der Waals surface area contributed by atoms with Crippen LogP contribution in [0.25, 0.3) is 0 Å². The maximum Gasteiger partial charge on any atom is 0.307 e. The van der Waals surface area contributed by atoms with E-state index >= 15 is 0 Å². The van der Waals surface area contributed by atoms with Gasteiger partial charge in [0, 0.05) is 13.6 Å². The monoisotopic (exact) mass is 269 g/mol. The lowest BCUT2D eigenvalue weighted by molar-refractivity contribution is -0.142. The van der Waals surface area contributed by atoms with E-state index in [1.807, 2.05) is 13.8 Å². The molecule has 0 aliphatic heterocycles. The first-order valence-electron chi connectivity index (χ1n) is 6.89. The third kappa shape index (κ3) is 2.48. The number of amides is 1. The van der Waals surface area contributed by atoms with Crippen LogP contribution in [0.5, 0.6) is 0 Å². The van der Waals surface area contributed by atoms with Crippen LogP contribution >= 0.6 is 0 Å². The van der Waals surface area contributed by atoms with Gasteiger partial charge in [0.25, 0.3) is 0 Å². The van der Waals surface area contributed by atoms with Gasteiger partial charge in [0.1, 0.15) is 0 Å². The van der Waals surface area contributed by atoms with Crippen molar-refractivity contribution in [3.05, 3.63) is 0 Å². The number of hydrogen-bond donors (Lipinski definition) is 2. The molecule has 108 valence electrons. The van der Waals surface area contributed by atoms with Gasteiger partial charge in [-0.05, 0) is 18.3 Å². The van der Waals surface area contributed by atoms with Crippen LogP contribution in [0.1, 0.15) is 39.5 Å². The number of rotatable bonds is 4. The van der Waals surface area contributed by atoms with Crippen LogP contribution in [0.15, 0.2) is 0 Å². The van der Waals surface area contributed by atoms with Gasteiger partial charge in [-0.25, -0.2) is 0 Å². The van der Waals surface area contributed by atoms with Gasteiger partial charge in [0.2, 0.25) is 5.91 Å². The van der Waals surface area contributed by atoms with Gasteiger partial charge in [-0.2, -0.15) is 0 Å². The molecule has 0 radical (unpaired) electrons. The molecular weight excluding hydrogens is 246 g/mol. The summed E-state index contributed by atoms with van der Waals surface area (Å²) in [7, 11) is 1.66. The minimum absolute atomic E-state index is 0.155. The lowest BCUT2D eigenvalue weighted by atomic mass is 10.0. The Morgan fingerprint density at radius 3 is 2.16 bits per heavy atom. The normalized spacial score (nSPS) is 30.9. The van der Waals surface area contributed by atoms with Gasteiger partial charge < -0.3 is 15.1 Å². The Bertz CT molecular complexity index is 398. The summed E-state index contributed by atoms with van der Waals surface area (Å²) >= 11 is 0. The molecule has 0 heterocycles. The highest BCUT2D eigenvalue weighted by Gasteiger charge is 2.66. The van der Waals surface area contributed by atoms with Gasteiger partial charge in [-0.15, -0.1) is 0 Å². The Hall–Kier alpha value is -1.10. The Morgan fingerprint density at radius 1 is 1.21 bits per heavy atom. The van der Waals surface area contributed by atoms with Crippen LogP contribution in [0, 0.1) is 17.3 Å². The number of carboxylic acids is 1. The van der Waals surface area contributed by atoms with Crippen molar-refractivity contribution in [2.24, 2.45) is 17.3 Å². The zero-order valence-corrected chi connectivity index (χ0v) is 11.8. The van der Waals surface area contributed by atoms with Crippen LogP contribution in [0.3, 0.4) is 0 Å². The molecule has 2 saturated carbocycles. The largest absolute Gasteiger partial charge is 0.481 e. The molecule has 0 aromatic rings. The van der Waals surface area contributed by atoms with Gasteiger partial charge in [-0.3, -0.25) is 9.59 Å². The summed E-state index contributed by atoms with van der Waals surface area (Å²) in [5.41, 5.74) is -1.25. The van der Waals surface area contributed by atoms with Crippen molar-refractivity contribution >= 4 is 11.9 Å². The molecule has 2 aliphatic carbocycles. The summed E-state index contributed by atoms with van der Waals surface area (Å²) in [4.78, 5) is 24.9. The number of aliphatic hydroxyl groups is 1. The lowest BCUT2D eigenvalue weighted by Gasteiger charge is -2.29. The maximum absolute atomic E-state index is 12.3. The molecule has 0 saturated heterocycles. The number of aliphatic carboxylic acids is 1. The Balaban J connectivity index is 1.99. The first-order chi connectivity index (χ1) is 8.69. The second kappa shape index (κ2) is 4.47. The Kier molecular flexibility index (Phi) is 3.37. The number of likely N-dealkylation sites (N-methyl/N-ethyl adjacent to an activating group) is 1. The van der Waals surface area contributed by atoms with E-state index in [0.29, 0.717) is 6.54 Å². The minimum atomic E-state index is -0.906. The van der Waals surface area contributed by atoms with E-state index in [4.69, 9.17) is 5.11 Å². The second-order valence-corrected chi connectivity index (χ2v) is 6.74. The molecule has 1 amide bonds. The first-order valence-corrected chi connectivity index (χ1v) is 6.89. The molecule has 5 heteroatoms. The number of carbonyl (C=O) groups excluding carboxylic acids is 1. The van der Waals surface area contributed by atoms with Crippen molar-refractivity contribution in [3.63, 3.8) is 0 Å². The van der Waals surface area contributed by atoms with E-state index < -0.39 is 28.8 Å². The van der Waals surface area contributed by atoms with Crippen LogP contribution in [0.2, 0.25) is 0 Å². The molecule has 2 fully saturated rings. The van der Waals surface area contributed by atoms with Crippen LogP contribution in [-0.4, -0.2) is 46.2 Å². The highest BCUT2D eigenvalue weighted by Crippen LogP contribution is 2.59. The fraction of sp³-hybridized carbons (Fsp3) is 0.857. The van der Waals surface area contributed by atoms with E-state index in [0.717, 1.165) is 25.7 Å². The summed E-state index contributed by atoms with van der Waals surface area (Å²) in [6.07, 6.45) is 3.43. The van der Waals surface area contributed by atoms with Crippen molar-refractivity contribution < 1.29 is 19.8 Å². The SMILES string of the molecule is CN(CC1(O)CCCC1)C(=O)C1C(C(=O)O)C1(C)C.